The van der Waals surface area contributed by atoms with Gasteiger partial charge in [-0.2, -0.15) is 0 Å². The third-order valence-corrected chi connectivity index (χ3v) is 4.95. The monoisotopic (exact) mass is 362 g/mol. The summed E-state index contributed by atoms with van der Waals surface area (Å²) in [6.45, 7) is 3.99. The van der Waals surface area contributed by atoms with Gasteiger partial charge in [-0.1, -0.05) is 6.07 Å². The second-order valence-corrected chi connectivity index (χ2v) is 6.84. The zero-order valence-electron chi connectivity index (χ0n) is 15.3. The average molecular weight is 362 g/mol. The van der Waals surface area contributed by atoms with Crippen molar-refractivity contribution in [3.05, 3.63) is 72.1 Å². The van der Waals surface area contributed by atoms with Crippen LogP contribution in [0.5, 0.6) is 0 Å². The van der Waals surface area contributed by atoms with Crippen molar-refractivity contribution in [2.45, 2.75) is 32.2 Å². The third kappa shape index (κ3) is 3.86. The van der Waals surface area contributed by atoms with Crippen LogP contribution in [-0.4, -0.2) is 48.4 Å². The number of aryl methyl sites for hydroxylation is 1. The minimum absolute atomic E-state index is 0.0437. The summed E-state index contributed by atoms with van der Waals surface area (Å²) in [7, 11) is 0. The standard InChI is InChI=1S/C20H22N6O/c1-15-12-24-18(13-23-15)20(27)25-9-5-16(6-10-25)19-22-8-11-26(19)14-17-4-2-3-7-21-17/h2-4,7-8,11-13,16H,5-6,9-10,14H2,1H3. The molecule has 7 nitrogen and oxygen atoms in total. The number of pyridine rings is 1. The van der Waals surface area contributed by atoms with Gasteiger partial charge in [0.25, 0.3) is 5.91 Å². The molecule has 7 heteroatoms. The smallest absolute Gasteiger partial charge is 0.274 e. The highest BCUT2D eigenvalue weighted by atomic mass is 16.2. The number of imidazole rings is 1. The number of piperidine rings is 1. The molecule has 4 heterocycles. The Morgan fingerprint density at radius 1 is 1.07 bits per heavy atom. The quantitative estimate of drug-likeness (QED) is 0.712. The molecule has 1 aliphatic heterocycles. The molecule has 0 atom stereocenters. The lowest BCUT2D eigenvalue weighted by Gasteiger charge is -2.31. The van der Waals surface area contributed by atoms with Crippen molar-refractivity contribution >= 4 is 5.91 Å². The Bertz CT molecular complexity index is 898. The molecule has 0 aromatic carbocycles. The van der Waals surface area contributed by atoms with Gasteiger partial charge in [-0.25, -0.2) is 9.97 Å². The van der Waals surface area contributed by atoms with Crippen molar-refractivity contribution in [3.63, 3.8) is 0 Å². The number of carbonyl (C=O) groups excluding carboxylic acids is 1. The van der Waals surface area contributed by atoms with Gasteiger partial charge in [-0.05, 0) is 31.9 Å². The summed E-state index contributed by atoms with van der Waals surface area (Å²) in [5, 5.41) is 0. The van der Waals surface area contributed by atoms with E-state index in [2.05, 4.69) is 24.5 Å². The van der Waals surface area contributed by atoms with E-state index in [9.17, 15) is 4.79 Å². The van der Waals surface area contributed by atoms with E-state index in [1.54, 1.807) is 12.4 Å². The van der Waals surface area contributed by atoms with Crippen molar-refractivity contribution in [2.75, 3.05) is 13.1 Å². The maximum atomic E-state index is 12.6. The van der Waals surface area contributed by atoms with E-state index in [0.717, 1.165) is 30.1 Å². The van der Waals surface area contributed by atoms with E-state index in [1.807, 2.05) is 48.6 Å². The van der Waals surface area contributed by atoms with Crippen molar-refractivity contribution in [1.29, 1.82) is 0 Å². The average Bonchev–Trinajstić information content (AvgIpc) is 3.17. The highest BCUT2D eigenvalue weighted by Gasteiger charge is 2.27. The number of rotatable bonds is 4. The molecule has 3 aromatic rings. The first-order valence-corrected chi connectivity index (χ1v) is 9.19. The molecule has 0 spiro atoms. The first kappa shape index (κ1) is 17.3. The molecule has 4 rings (SSSR count). The number of amides is 1. The normalized spacial score (nSPS) is 15.1. The van der Waals surface area contributed by atoms with Crippen LogP contribution in [0.4, 0.5) is 0 Å². The van der Waals surface area contributed by atoms with Crippen LogP contribution in [-0.2, 0) is 6.54 Å². The van der Waals surface area contributed by atoms with E-state index >= 15 is 0 Å². The summed E-state index contributed by atoms with van der Waals surface area (Å²) in [6, 6.07) is 5.94. The summed E-state index contributed by atoms with van der Waals surface area (Å²) in [4.78, 5) is 31.8. The number of hydrogen-bond acceptors (Lipinski definition) is 5. The van der Waals surface area contributed by atoms with Crippen molar-refractivity contribution in [2.24, 2.45) is 0 Å². The molecule has 138 valence electrons. The van der Waals surface area contributed by atoms with Crippen LogP contribution in [0.25, 0.3) is 0 Å². The summed E-state index contributed by atoms with van der Waals surface area (Å²) in [5.41, 5.74) is 2.24. The fraction of sp³-hybridized carbons (Fsp3) is 0.350. The van der Waals surface area contributed by atoms with Gasteiger partial charge in [-0.15, -0.1) is 0 Å². The van der Waals surface area contributed by atoms with Crippen LogP contribution < -0.4 is 0 Å². The van der Waals surface area contributed by atoms with Crippen LogP contribution >= 0.6 is 0 Å². The van der Waals surface area contributed by atoms with Gasteiger partial charge >= 0.3 is 0 Å². The van der Waals surface area contributed by atoms with Gasteiger partial charge in [0.05, 0.1) is 24.1 Å². The predicted octanol–water partition coefficient (Wildman–Crippen LogP) is 2.44. The van der Waals surface area contributed by atoms with Gasteiger partial charge in [-0.3, -0.25) is 14.8 Å². The van der Waals surface area contributed by atoms with Gasteiger partial charge in [0.15, 0.2) is 0 Å². The molecule has 0 N–H and O–H groups in total. The summed E-state index contributed by atoms with van der Waals surface area (Å²) >= 11 is 0. The molecular weight excluding hydrogens is 340 g/mol. The lowest BCUT2D eigenvalue weighted by atomic mass is 9.95. The summed E-state index contributed by atoms with van der Waals surface area (Å²) in [5.74, 6) is 1.37. The fourth-order valence-electron chi connectivity index (χ4n) is 3.49. The van der Waals surface area contributed by atoms with Crippen LogP contribution in [0, 0.1) is 6.92 Å². The maximum absolute atomic E-state index is 12.6. The SMILES string of the molecule is Cc1cnc(C(=O)N2CCC(c3nccn3Cc3ccccn3)CC2)cn1. The maximum Gasteiger partial charge on any atom is 0.274 e. The lowest BCUT2D eigenvalue weighted by molar-refractivity contribution is 0.0704. The van der Waals surface area contributed by atoms with Crippen LogP contribution in [0.3, 0.4) is 0 Å². The molecule has 1 aliphatic rings. The van der Waals surface area contributed by atoms with E-state index in [0.29, 0.717) is 31.2 Å². The largest absolute Gasteiger partial charge is 0.337 e. The second-order valence-electron chi connectivity index (χ2n) is 6.84. The third-order valence-electron chi connectivity index (χ3n) is 4.95. The molecule has 0 unspecified atom stereocenters. The van der Waals surface area contributed by atoms with Crippen LogP contribution in [0.2, 0.25) is 0 Å². The molecule has 1 saturated heterocycles. The van der Waals surface area contributed by atoms with Crippen LogP contribution in [0.15, 0.2) is 49.2 Å². The van der Waals surface area contributed by atoms with Gasteiger partial charge in [0.2, 0.25) is 0 Å². The minimum atomic E-state index is -0.0437. The van der Waals surface area contributed by atoms with E-state index < -0.39 is 0 Å². The molecule has 0 radical (unpaired) electrons. The number of hydrogen-bond donors (Lipinski definition) is 0. The lowest BCUT2D eigenvalue weighted by Crippen LogP contribution is -2.38. The highest BCUT2D eigenvalue weighted by Crippen LogP contribution is 2.27. The Labute approximate surface area is 158 Å². The Balaban J connectivity index is 1.40. The van der Waals surface area contributed by atoms with E-state index in [4.69, 9.17) is 0 Å². The molecule has 0 saturated carbocycles. The number of likely N-dealkylation sites (tertiary alicyclic amines) is 1. The molecule has 1 fully saturated rings. The number of aromatic nitrogens is 5. The van der Waals surface area contributed by atoms with Crippen molar-refractivity contribution in [1.82, 2.24) is 29.4 Å². The number of carbonyl (C=O) groups is 1. The Kier molecular flexibility index (Phi) is 4.91. The second kappa shape index (κ2) is 7.65. The Hall–Kier alpha value is -3.09. The van der Waals surface area contributed by atoms with Crippen LogP contribution in [0.1, 0.15) is 46.5 Å². The molecule has 0 aliphatic carbocycles. The zero-order valence-corrected chi connectivity index (χ0v) is 15.3. The van der Waals surface area contributed by atoms with E-state index in [1.165, 1.54) is 0 Å². The first-order valence-electron chi connectivity index (χ1n) is 9.19. The van der Waals surface area contributed by atoms with Gasteiger partial charge in [0, 0.05) is 43.8 Å². The zero-order chi connectivity index (χ0) is 18.6. The van der Waals surface area contributed by atoms with Crippen molar-refractivity contribution in [3.8, 4) is 0 Å². The minimum Gasteiger partial charge on any atom is -0.337 e. The molecule has 0 bridgehead atoms. The summed E-state index contributed by atoms with van der Waals surface area (Å²) in [6.07, 6.45) is 10.6. The Morgan fingerprint density at radius 2 is 1.93 bits per heavy atom. The number of nitrogens with zero attached hydrogens (tertiary/aromatic N) is 6. The summed E-state index contributed by atoms with van der Waals surface area (Å²) < 4.78 is 2.16. The van der Waals surface area contributed by atoms with Gasteiger partial charge < -0.3 is 9.47 Å². The molecule has 3 aromatic heterocycles. The molecular formula is C20H22N6O. The predicted molar refractivity (Wildman–Crippen MR) is 100 cm³/mol. The molecule has 27 heavy (non-hydrogen) atoms. The highest BCUT2D eigenvalue weighted by molar-refractivity contribution is 5.92. The topological polar surface area (TPSA) is 76.8 Å². The molecule has 1 amide bonds. The van der Waals surface area contributed by atoms with Gasteiger partial charge in [0.1, 0.15) is 11.5 Å². The van der Waals surface area contributed by atoms with E-state index in [-0.39, 0.29) is 5.91 Å². The Morgan fingerprint density at radius 3 is 2.63 bits per heavy atom. The first-order chi connectivity index (χ1) is 13.2. The van der Waals surface area contributed by atoms with Crippen molar-refractivity contribution < 1.29 is 4.79 Å². The fourth-order valence-corrected chi connectivity index (χ4v) is 3.49.